The number of sulfone groups is 1. The van der Waals surface area contributed by atoms with E-state index >= 15 is 0 Å². The topological polar surface area (TPSA) is 55.4 Å². The summed E-state index contributed by atoms with van der Waals surface area (Å²) in [5, 5.41) is 3.16. The number of rotatable bonds is 3. The summed E-state index contributed by atoms with van der Waals surface area (Å²) in [4.78, 5) is -0.924. The summed E-state index contributed by atoms with van der Waals surface area (Å²) in [5.74, 6) is -2.40. The molecular formula is C13H17F2NO3S. The van der Waals surface area contributed by atoms with Gasteiger partial charge in [-0.3, -0.25) is 0 Å². The normalized spacial score (nSPS) is 17.2. The van der Waals surface area contributed by atoms with Crippen molar-refractivity contribution < 1.29 is 21.9 Å². The maximum absolute atomic E-state index is 14.3. The first-order valence-corrected chi connectivity index (χ1v) is 8.22. The molecular weight excluding hydrogens is 288 g/mol. The van der Waals surface area contributed by atoms with E-state index in [1.54, 1.807) is 0 Å². The molecule has 20 heavy (non-hydrogen) atoms. The highest BCUT2D eigenvalue weighted by atomic mass is 32.2. The summed E-state index contributed by atoms with van der Waals surface area (Å²) in [6.45, 7) is 1.51. The monoisotopic (exact) mass is 305 g/mol. The van der Waals surface area contributed by atoms with Crippen molar-refractivity contribution in [2.75, 3.05) is 26.5 Å². The van der Waals surface area contributed by atoms with Crippen LogP contribution in [0.15, 0.2) is 11.0 Å². The standard InChI is InChI=1S/C13H17F2NO3S/c1-19-12-9(8-3-5-16-6-4-8)7-10(14)13(11(12)15)20(2,17)18/h7-8,16H,3-6H2,1-2H3. The van der Waals surface area contributed by atoms with Crippen LogP contribution in [0.2, 0.25) is 0 Å². The van der Waals surface area contributed by atoms with Crippen LogP contribution in [-0.2, 0) is 9.84 Å². The van der Waals surface area contributed by atoms with Crippen LogP contribution >= 0.6 is 0 Å². The van der Waals surface area contributed by atoms with Crippen LogP contribution in [0, 0.1) is 11.6 Å². The molecule has 7 heteroatoms. The fourth-order valence-corrected chi connectivity index (χ4v) is 3.42. The second kappa shape index (κ2) is 5.65. The molecule has 0 spiro atoms. The largest absolute Gasteiger partial charge is 0.493 e. The van der Waals surface area contributed by atoms with Gasteiger partial charge in [0.15, 0.2) is 21.4 Å². The van der Waals surface area contributed by atoms with Gasteiger partial charge in [-0.1, -0.05) is 0 Å². The molecule has 1 heterocycles. The number of hydrogen-bond acceptors (Lipinski definition) is 4. The molecule has 0 aliphatic carbocycles. The first-order chi connectivity index (χ1) is 9.36. The van der Waals surface area contributed by atoms with Crippen LogP contribution < -0.4 is 10.1 Å². The smallest absolute Gasteiger partial charge is 0.186 e. The van der Waals surface area contributed by atoms with E-state index < -0.39 is 26.4 Å². The lowest BCUT2D eigenvalue weighted by atomic mass is 9.89. The third-order valence-electron chi connectivity index (χ3n) is 3.51. The van der Waals surface area contributed by atoms with Crippen LogP contribution in [0.25, 0.3) is 0 Å². The third kappa shape index (κ3) is 2.78. The second-order valence-corrected chi connectivity index (χ2v) is 6.87. The van der Waals surface area contributed by atoms with Crippen molar-refractivity contribution in [2.45, 2.75) is 23.7 Å². The second-order valence-electron chi connectivity index (χ2n) is 4.92. The quantitative estimate of drug-likeness (QED) is 0.926. The van der Waals surface area contributed by atoms with E-state index in [-0.39, 0.29) is 11.7 Å². The first-order valence-electron chi connectivity index (χ1n) is 6.33. The Morgan fingerprint density at radius 2 is 1.90 bits per heavy atom. The average Bonchev–Trinajstić information content (AvgIpc) is 2.37. The van der Waals surface area contributed by atoms with E-state index in [1.165, 1.54) is 7.11 Å². The maximum atomic E-state index is 14.3. The van der Waals surface area contributed by atoms with Gasteiger partial charge >= 0.3 is 0 Å². The summed E-state index contributed by atoms with van der Waals surface area (Å²) in [7, 11) is -2.73. The number of ether oxygens (including phenoxy) is 1. The predicted octanol–water partition coefficient (Wildman–Crippen LogP) is 1.84. The Morgan fingerprint density at radius 3 is 2.40 bits per heavy atom. The Kier molecular flexibility index (Phi) is 4.29. The predicted molar refractivity (Wildman–Crippen MR) is 70.9 cm³/mol. The van der Waals surface area contributed by atoms with Crippen molar-refractivity contribution in [1.82, 2.24) is 5.32 Å². The van der Waals surface area contributed by atoms with Gasteiger partial charge in [-0.15, -0.1) is 0 Å². The van der Waals surface area contributed by atoms with E-state index in [4.69, 9.17) is 4.74 Å². The minimum Gasteiger partial charge on any atom is -0.493 e. The number of benzene rings is 1. The zero-order valence-electron chi connectivity index (χ0n) is 11.4. The van der Waals surface area contributed by atoms with Gasteiger partial charge in [0.1, 0.15) is 10.7 Å². The number of nitrogens with one attached hydrogen (secondary N) is 1. The molecule has 0 bridgehead atoms. The van der Waals surface area contributed by atoms with Gasteiger partial charge < -0.3 is 10.1 Å². The van der Waals surface area contributed by atoms with Crippen LogP contribution in [0.4, 0.5) is 8.78 Å². The highest BCUT2D eigenvalue weighted by Crippen LogP contribution is 2.38. The number of halogens is 2. The lowest BCUT2D eigenvalue weighted by molar-refractivity contribution is 0.356. The van der Waals surface area contributed by atoms with E-state index in [0.717, 1.165) is 38.3 Å². The summed E-state index contributed by atoms with van der Waals surface area (Å²) in [6, 6.07) is 1.09. The first kappa shape index (κ1) is 15.2. The molecule has 0 aromatic heterocycles. The minimum absolute atomic E-state index is 0.0381. The summed E-state index contributed by atoms with van der Waals surface area (Å²) >= 11 is 0. The summed E-state index contributed by atoms with van der Waals surface area (Å²) < 4.78 is 56.2. The Bertz CT molecular complexity index is 611. The molecule has 1 saturated heterocycles. The molecule has 1 aliphatic heterocycles. The van der Waals surface area contributed by atoms with Gasteiger partial charge in [-0.05, 0) is 37.9 Å². The zero-order valence-corrected chi connectivity index (χ0v) is 12.2. The molecule has 4 nitrogen and oxygen atoms in total. The molecule has 0 amide bonds. The molecule has 1 N–H and O–H groups in total. The fourth-order valence-electron chi connectivity index (χ4n) is 2.59. The van der Waals surface area contributed by atoms with E-state index in [2.05, 4.69) is 5.32 Å². The maximum Gasteiger partial charge on any atom is 0.186 e. The molecule has 0 radical (unpaired) electrons. The fraction of sp³-hybridized carbons (Fsp3) is 0.538. The third-order valence-corrected chi connectivity index (χ3v) is 4.63. The molecule has 112 valence electrons. The van der Waals surface area contributed by atoms with Gasteiger partial charge in [0, 0.05) is 11.8 Å². The molecule has 1 aromatic rings. The highest BCUT2D eigenvalue weighted by molar-refractivity contribution is 7.90. The van der Waals surface area contributed by atoms with Crippen molar-refractivity contribution >= 4 is 9.84 Å². The van der Waals surface area contributed by atoms with Crippen LogP contribution in [-0.4, -0.2) is 34.9 Å². The molecule has 1 aliphatic rings. The van der Waals surface area contributed by atoms with Crippen LogP contribution in [0.5, 0.6) is 5.75 Å². The molecule has 0 saturated carbocycles. The summed E-state index contributed by atoms with van der Waals surface area (Å²) in [6.07, 6.45) is 2.24. The Labute approximate surface area is 117 Å². The van der Waals surface area contributed by atoms with Gasteiger partial charge in [0.2, 0.25) is 0 Å². The van der Waals surface area contributed by atoms with Crippen LogP contribution in [0.1, 0.15) is 24.3 Å². The van der Waals surface area contributed by atoms with E-state index in [9.17, 15) is 17.2 Å². The Hall–Kier alpha value is -1.21. The molecule has 0 unspecified atom stereocenters. The molecule has 0 atom stereocenters. The van der Waals surface area contributed by atoms with Gasteiger partial charge in [-0.25, -0.2) is 17.2 Å². The minimum atomic E-state index is -3.99. The molecule has 2 rings (SSSR count). The Morgan fingerprint density at radius 1 is 1.30 bits per heavy atom. The van der Waals surface area contributed by atoms with E-state index in [0.29, 0.717) is 5.56 Å². The van der Waals surface area contributed by atoms with Crippen LogP contribution in [0.3, 0.4) is 0 Å². The van der Waals surface area contributed by atoms with Gasteiger partial charge in [0.25, 0.3) is 0 Å². The number of piperidine rings is 1. The van der Waals surface area contributed by atoms with Crippen molar-refractivity contribution in [3.63, 3.8) is 0 Å². The Balaban J connectivity index is 2.60. The molecule has 1 aromatic carbocycles. The van der Waals surface area contributed by atoms with Gasteiger partial charge in [0.05, 0.1) is 7.11 Å². The molecule has 1 fully saturated rings. The number of methoxy groups -OCH3 is 1. The number of hydrogen-bond donors (Lipinski definition) is 1. The lowest BCUT2D eigenvalue weighted by Crippen LogP contribution is -2.27. The lowest BCUT2D eigenvalue weighted by Gasteiger charge is -2.25. The SMILES string of the molecule is COc1c(C2CCNCC2)cc(F)c(S(C)(=O)=O)c1F. The van der Waals surface area contributed by atoms with Crippen molar-refractivity contribution in [3.05, 3.63) is 23.3 Å². The van der Waals surface area contributed by atoms with Crippen molar-refractivity contribution in [2.24, 2.45) is 0 Å². The van der Waals surface area contributed by atoms with Crippen molar-refractivity contribution in [3.8, 4) is 5.75 Å². The van der Waals surface area contributed by atoms with Crippen molar-refractivity contribution in [1.29, 1.82) is 0 Å². The van der Waals surface area contributed by atoms with Gasteiger partial charge in [-0.2, -0.15) is 0 Å². The summed E-state index contributed by atoms with van der Waals surface area (Å²) in [5.41, 5.74) is 0.399. The highest BCUT2D eigenvalue weighted by Gasteiger charge is 2.29. The average molecular weight is 305 g/mol. The van der Waals surface area contributed by atoms with E-state index in [1.807, 2.05) is 0 Å². The zero-order chi connectivity index (χ0) is 14.9.